The van der Waals surface area contributed by atoms with Gasteiger partial charge < -0.3 is 22.0 Å². The van der Waals surface area contributed by atoms with Gasteiger partial charge in [-0.05, 0) is 35.9 Å². The van der Waals surface area contributed by atoms with E-state index in [2.05, 4.69) is 7.05 Å². The highest BCUT2D eigenvalue weighted by Gasteiger charge is 2.20. The Kier molecular flexibility index (Phi) is 7.23. The van der Waals surface area contributed by atoms with Gasteiger partial charge in [-0.25, -0.2) is 0 Å². The number of likely N-dealkylation sites (tertiary alicyclic amines) is 1. The van der Waals surface area contributed by atoms with E-state index in [1.54, 1.807) is 11.0 Å². The second kappa shape index (κ2) is 9.40. The first-order chi connectivity index (χ1) is 11.7. The minimum Gasteiger partial charge on any atom is -1.00 e. The number of allylic oxidation sites excluding steroid dienone is 1. The summed E-state index contributed by atoms with van der Waals surface area (Å²) in [6.45, 7) is 2.32. The highest BCUT2D eigenvalue weighted by Crippen LogP contribution is 2.17. The molecule has 0 atom stereocenters. The fraction of sp³-hybridized carbons (Fsp3) is 0.286. The number of ether oxygens (including phenoxy) is 1. The van der Waals surface area contributed by atoms with E-state index in [1.165, 1.54) is 0 Å². The maximum atomic E-state index is 12.2. The number of hydrogen-bond donors (Lipinski definition) is 1. The molecule has 4 heteroatoms. The van der Waals surface area contributed by atoms with Gasteiger partial charge in [-0.3, -0.25) is 4.79 Å². The molecule has 0 aliphatic carbocycles. The van der Waals surface area contributed by atoms with Crippen molar-refractivity contribution in [3.05, 3.63) is 71.8 Å². The molecule has 1 fully saturated rings. The van der Waals surface area contributed by atoms with Crippen LogP contribution in [0.25, 0.3) is 6.08 Å². The number of nitrogens with one attached hydrogen (secondary N) is 1. The molecule has 0 spiro atoms. The van der Waals surface area contributed by atoms with Gasteiger partial charge in [0.2, 0.25) is 0 Å². The standard InChI is InChI=1S/C21H23NO2.ClH/c1-22-15-13-20(14-16-22)24-19-10-8-18(9-11-19)21(23)12-7-17-5-3-2-4-6-17;/h2-12,20H,13-16H2,1H3;1H/b12-7+;. The summed E-state index contributed by atoms with van der Waals surface area (Å²) in [5.41, 5.74) is 1.71. The van der Waals surface area contributed by atoms with E-state index in [9.17, 15) is 4.79 Å². The lowest BCUT2D eigenvalue weighted by Gasteiger charge is -2.27. The molecule has 0 bridgehead atoms. The summed E-state index contributed by atoms with van der Waals surface area (Å²) in [5, 5.41) is 0. The fourth-order valence-corrected chi connectivity index (χ4v) is 2.92. The number of piperidine rings is 1. The van der Waals surface area contributed by atoms with Gasteiger partial charge >= 0.3 is 0 Å². The van der Waals surface area contributed by atoms with Crippen LogP contribution in [0.2, 0.25) is 0 Å². The zero-order valence-electron chi connectivity index (χ0n) is 14.5. The maximum absolute atomic E-state index is 12.2. The minimum atomic E-state index is 0. The Morgan fingerprint density at radius 1 is 1.04 bits per heavy atom. The molecule has 0 radical (unpaired) electrons. The second-order valence-electron chi connectivity index (χ2n) is 6.41. The fourth-order valence-electron chi connectivity index (χ4n) is 2.92. The van der Waals surface area contributed by atoms with Crippen LogP contribution in [0.5, 0.6) is 5.75 Å². The topological polar surface area (TPSA) is 30.7 Å². The van der Waals surface area contributed by atoms with Crippen LogP contribution < -0.4 is 22.0 Å². The predicted octanol–water partition coefficient (Wildman–Crippen LogP) is -0.357. The SMILES string of the molecule is C[NH+]1CCC(Oc2ccc(C(=O)/C=C/c3ccccc3)cc2)CC1.[Cl-]. The van der Waals surface area contributed by atoms with Crippen molar-refractivity contribution in [1.29, 1.82) is 0 Å². The highest BCUT2D eigenvalue weighted by atomic mass is 35.5. The lowest BCUT2D eigenvalue weighted by molar-refractivity contribution is -0.885. The summed E-state index contributed by atoms with van der Waals surface area (Å²) in [5.74, 6) is 0.858. The van der Waals surface area contributed by atoms with Gasteiger partial charge in [0.1, 0.15) is 11.9 Å². The van der Waals surface area contributed by atoms with Crippen LogP contribution in [0.4, 0.5) is 0 Å². The Morgan fingerprint density at radius 3 is 2.32 bits per heavy atom. The Labute approximate surface area is 155 Å². The third-order valence-corrected chi connectivity index (χ3v) is 4.45. The van der Waals surface area contributed by atoms with Gasteiger partial charge in [0, 0.05) is 18.4 Å². The number of rotatable bonds is 5. The van der Waals surface area contributed by atoms with Gasteiger partial charge in [-0.15, -0.1) is 0 Å². The van der Waals surface area contributed by atoms with Crippen LogP contribution in [-0.4, -0.2) is 32.0 Å². The molecule has 0 aromatic heterocycles. The number of halogens is 1. The van der Waals surface area contributed by atoms with E-state index < -0.39 is 0 Å². The van der Waals surface area contributed by atoms with Crippen LogP contribution in [0.3, 0.4) is 0 Å². The second-order valence-corrected chi connectivity index (χ2v) is 6.41. The first-order valence-corrected chi connectivity index (χ1v) is 8.56. The minimum absolute atomic E-state index is 0. The summed E-state index contributed by atoms with van der Waals surface area (Å²) in [4.78, 5) is 13.8. The predicted molar refractivity (Wildman–Crippen MR) is 96.5 cm³/mol. The Hall–Kier alpha value is -2.10. The molecule has 0 amide bonds. The number of carbonyl (C=O) groups is 1. The molecule has 1 saturated heterocycles. The van der Waals surface area contributed by atoms with E-state index in [4.69, 9.17) is 4.74 Å². The molecule has 1 aliphatic rings. The Morgan fingerprint density at radius 2 is 1.68 bits per heavy atom. The van der Waals surface area contributed by atoms with Crippen molar-refractivity contribution in [2.45, 2.75) is 18.9 Å². The quantitative estimate of drug-likeness (QED) is 0.585. The number of benzene rings is 2. The van der Waals surface area contributed by atoms with Crippen LogP contribution in [0.15, 0.2) is 60.7 Å². The molecule has 0 saturated carbocycles. The first kappa shape index (κ1) is 19.2. The maximum Gasteiger partial charge on any atom is 0.185 e. The van der Waals surface area contributed by atoms with Crippen LogP contribution in [0, 0.1) is 0 Å². The Bertz CT molecular complexity index is 690. The van der Waals surface area contributed by atoms with Crippen molar-refractivity contribution >= 4 is 11.9 Å². The molecule has 0 unspecified atom stereocenters. The zero-order chi connectivity index (χ0) is 16.8. The molecular weight excluding hydrogens is 334 g/mol. The lowest BCUT2D eigenvalue weighted by atomic mass is 10.1. The number of quaternary nitrogens is 1. The third kappa shape index (κ3) is 5.73. The molecule has 25 heavy (non-hydrogen) atoms. The third-order valence-electron chi connectivity index (χ3n) is 4.45. The average molecular weight is 358 g/mol. The zero-order valence-corrected chi connectivity index (χ0v) is 15.2. The summed E-state index contributed by atoms with van der Waals surface area (Å²) < 4.78 is 6.03. The number of carbonyl (C=O) groups excluding carboxylic acids is 1. The Balaban J connectivity index is 0.00000225. The molecule has 2 aromatic carbocycles. The van der Waals surface area contributed by atoms with Gasteiger partial charge in [0.25, 0.3) is 0 Å². The molecule has 1 heterocycles. The molecule has 1 aliphatic heterocycles. The van der Waals surface area contributed by atoms with E-state index in [-0.39, 0.29) is 18.2 Å². The van der Waals surface area contributed by atoms with E-state index in [0.717, 1.165) is 37.2 Å². The average Bonchev–Trinajstić information content (AvgIpc) is 2.63. The van der Waals surface area contributed by atoms with Crippen LogP contribution >= 0.6 is 0 Å². The largest absolute Gasteiger partial charge is 1.00 e. The highest BCUT2D eigenvalue weighted by molar-refractivity contribution is 6.06. The van der Waals surface area contributed by atoms with Crippen molar-refractivity contribution in [2.24, 2.45) is 0 Å². The van der Waals surface area contributed by atoms with Crippen molar-refractivity contribution < 1.29 is 26.8 Å². The monoisotopic (exact) mass is 357 g/mol. The van der Waals surface area contributed by atoms with Gasteiger partial charge in [0.05, 0.1) is 20.1 Å². The summed E-state index contributed by atoms with van der Waals surface area (Å²) >= 11 is 0. The molecular formula is C21H24ClNO2. The molecule has 1 N–H and O–H groups in total. The number of ketones is 1. The van der Waals surface area contributed by atoms with Gasteiger partial charge in [-0.1, -0.05) is 36.4 Å². The number of hydrogen-bond acceptors (Lipinski definition) is 2. The van der Waals surface area contributed by atoms with Gasteiger partial charge in [-0.2, -0.15) is 0 Å². The molecule has 132 valence electrons. The molecule has 3 rings (SSSR count). The smallest absolute Gasteiger partial charge is 0.185 e. The van der Waals surface area contributed by atoms with Crippen molar-refractivity contribution in [3.63, 3.8) is 0 Å². The van der Waals surface area contributed by atoms with Crippen LogP contribution in [-0.2, 0) is 0 Å². The summed E-state index contributed by atoms with van der Waals surface area (Å²) in [6, 6.07) is 17.3. The summed E-state index contributed by atoms with van der Waals surface area (Å²) in [6.07, 6.45) is 5.94. The van der Waals surface area contributed by atoms with E-state index in [1.807, 2.05) is 60.7 Å². The summed E-state index contributed by atoms with van der Waals surface area (Å²) in [7, 11) is 2.22. The van der Waals surface area contributed by atoms with Crippen molar-refractivity contribution in [3.8, 4) is 5.75 Å². The van der Waals surface area contributed by atoms with E-state index in [0.29, 0.717) is 11.7 Å². The van der Waals surface area contributed by atoms with Crippen LogP contribution in [0.1, 0.15) is 28.8 Å². The molecule has 2 aromatic rings. The molecule has 3 nitrogen and oxygen atoms in total. The van der Waals surface area contributed by atoms with E-state index >= 15 is 0 Å². The van der Waals surface area contributed by atoms with Gasteiger partial charge in [0.15, 0.2) is 5.78 Å². The normalized spacial score (nSPS) is 20.0. The first-order valence-electron chi connectivity index (χ1n) is 8.56. The lowest BCUT2D eigenvalue weighted by Crippen LogP contribution is -3.10. The van der Waals surface area contributed by atoms with Crippen molar-refractivity contribution in [2.75, 3.05) is 20.1 Å². The van der Waals surface area contributed by atoms with Crippen molar-refractivity contribution in [1.82, 2.24) is 0 Å².